The summed E-state index contributed by atoms with van der Waals surface area (Å²) < 4.78 is 10.7. The number of guanidine groups is 1. The van der Waals surface area contributed by atoms with Gasteiger partial charge in [-0.1, -0.05) is 5.11 Å². The fourth-order valence-electron chi connectivity index (χ4n) is 16.5. The number of ether oxygens (including phenoxy) is 2. The quantitative estimate of drug-likeness (QED) is 0.00911. The molecule has 124 heavy (non-hydrogen) atoms. The van der Waals surface area contributed by atoms with E-state index in [1.165, 1.54) is 14.7 Å². The summed E-state index contributed by atoms with van der Waals surface area (Å²) >= 11 is 0. The predicted molar refractivity (Wildman–Crippen MR) is 440 cm³/mol. The maximum absolute atomic E-state index is 13.9. The van der Waals surface area contributed by atoms with Gasteiger partial charge in [-0.05, 0) is 176 Å². The Morgan fingerprint density at radius 2 is 0.734 bits per heavy atom. The minimum atomic E-state index is -1.50. The Kier molecular flexibility index (Phi) is 36.2. The number of hydrogen-bond donors (Lipinski definition) is 19. The molecule has 9 heterocycles. The van der Waals surface area contributed by atoms with Crippen molar-refractivity contribution in [3.05, 3.63) is 10.4 Å². The van der Waals surface area contributed by atoms with E-state index in [9.17, 15) is 91.4 Å². The van der Waals surface area contributed by atoms with Gasteiger partial charge < -0.3 is 127 Å². The summed E-state index contributed by atoms with van der Waals surface area (Å²) in [5, 5.41) is 43.5. The van der Waals surface area contributed by atoms with Gasteiger partial charge in [0, 0.05) is 61.1 Å². The SMILES string of the molecule is CC(N)=NCCC[C@@H]1NC(=O)[C@@H]2CC[C@H]3C[C@@H](CN)[C@@H](NC(=O)[C@H](CC(=O)OC(C)(C)C)NC(=O)CNC1=O)C(=O)N32.CC(N)=NCCC[C@@H]1NC(=O)[C@@H]2CC[C@H]3C[C@@H](CN=[N+]=[N-])[C@@H](NC(=O)[C@H](CC(=O)OC(C)(C)C)NC(=O)CNC1=O)C(=O)N32.NC[C@@H]1C[C@@H]2CC[C@H]3C(=O)N[C@@H](CCCN=C(N)N)C(=O)NCC(=O)N[C@@H](CC(=O)O)C(=O)N[C@H]1C(=O)N23. The van der Waals surface area contributed by atoms with Crippen LogP contribution in [0.2, 0.25) is 0 Å². The highest BCUT2D eigenvalue weighted by Gasteiger charge is 2.55. The van der Waals surface area contributed by atoms with Gasteiger partial charge in [0.05, 0.1) is 50.6 Å². The molecule has 9 saturated heterocycles. The molecule has 0 aromatic carbocycles. The Bertz CT molecular complexity index is 4130. The van der Waals surface area contributed by atoms with E-state index in [1.54, 1.807) is 55.4 Å². The van der Waals surface area contributed by atoms with Crippen molar-refractivity contribution >= 4 is 124 Å². The third-order valence-corrected chi connectivity index (χ3v) is 22.0. The first kappa shape index (κ1) is 99.0. The molecule has 15 amide bonds. The number of azide groups is 1. The fraction of sp³-hybridized carbons (Fsp3) is 0.724. The highest BCUT2D eigenvalue weighted by molar-refractivity contribution is 6.03. The van der Waals surface area contributed by atoms with Crippen LogP contribution >= 0.6 is 0 Å². The number of carboxylic acid groups (broad SMARTS) is 1. The van der Waals surface area contributed by atoms with Crippen molar-refractivity contribution in [2.24, 2.45) is 72.2 Å². The average Bonchev–Trinajstić information content (AvgIpc) is 1.67. The zero-order chi connectivity index (χ0) is 91.8. The van der Waals surface area contributed by atoms with Crippen LogP contribution in [0.15, 0.2) is 20.1 Å². The summed E-state index contributed by atoms with van der Waals surface area (Å²) in [5.41, 5.74) is 41.0. The second-order valence-electron chi connectivity index (χ2n) is 34.0. The number of nitrogens with two attached hydrogens (primary N) is 6. The average molecular weight is 1750 g/mol. The largest absolute Gasteiger partial charge is 0.481 e. The van der Waals surface area contributed by atoms with Crippen LogP contribution < -0.4 is 98.2 Å². The van der Waals surface area contributed by atoms with Crippen molar-refractivity contribution in [1.29, 1.82) is 0 Å². The zero-order valence-corrected chi connectivity index (χ0v) is 71.1. The van der Waals surface area contributed by atoms with Crippen LogP contribution in [0.1, 0.15) is 171 Å². The predicted octanol–water partition coefficient (Wildman–Crippen LogP) is -7.62. The second kappa shape index (κ2) is 45.3. The first-order valence-electron chi connectivity index (χ1n) is 41.6. The van der Waals surface area contributed by atoms with Gasteiger partial charge in [0.2, 0.25) is 88.6 Å². The van der Waals surface area contributed by atoms with Gasteiger partial charge in [-0.15, -0.1) is 0 Å². The summed E-state index contributed by atoms with van der Waals surface area (Å²) in [6.45, 7) is 12.5. The van der Waals surface area contributed by atoms with Crippen molar-refractivity contribution in [2.75, 3.05) is 58.9 Å². The van der Waals surface area contributed by atoms with E-state index in [-0.39, 0.29) is 69.5 Å². The molecular weight excluding hydrogens is 1630 g/mol. The van der Waals surface area contributed by atoms with E-state index in [2.05, 4.69) is 88.8 Å². The standard InChI is InChI=1S/C27H42N10O7.C27H44N8O7.C22H35N9O7/c1-14(28)30-9-5-6-17-23(40)31-13-20(38)33-18(11-21(39)44-27(2,3)4)24(41)35-22-15(12-32-36-29)10-16-7-8-19(25(42)34-17)37(16)26(22)43;1-14(29)30-9-5-6-17-23(38)31-13-20(36)32-18(11-21(37)42-27(2,3)4)24(39)34-22-15(12-28)10-16-7-8-19(25(40)33-17)35(16)26(22)41;23-8-10-6-11-3-4-14-20(37)29-12(2-1-5-26-22(24)25)18(35)27-9-15(32)28-13(7-16(33)34)19(36)30-17(10)21(38)31(11)14/h15-19,22H,5-13H2,1-4H3,(H2,28,30)(H,31,40)(H,33,38)(H,34,42)(H,35,41);15-19,22H,5-13,28H2,1-4H3,(H2,29,30)(H,31,38)(H,32,36)(H,33,40)(H,34,39);10-14,17H,1-9,23H2,(H,27,35)(H,28,32)(H,29,37)(H,30,36)(H,33,34)(H4,24,25,26)/t2*15-,16-,17-,18-,19-,22+;10-,11-,12-,13-,14-,17+/m000/s1. The van der Waals surface area contributed by atoms with Crippen molar-refractivity contribution in [2.45, 2.75) is 273 Å². The van der Waals surface area contributed by atoms with Crippen molar-refractivity contribution in [3.63, 3.8) is 0 Å². The number of aliphatic carboxylic acids is 1. The number of carbonyl (C=O) groups is 18. The topological polar surface area (TPSA) is 742 Å². The molecule has 9 fully saturated rings. The molecule has 9 rings (SSSR count). The molecular formula is C76H121N27O21. The minimum Gasteiger partial charge on any atom is -0.481 e. The Hall–Kier alpha value is -12.1. The maximum atomic E-state index is 13.9. The maximum Gasteiger partial charge on any atom is 0.308 e. The molecule has 48 nitrogen and oxygen atoms in total. The molecule has 9 aliphatic rings. The Balaban J connectivity index is 0.000000256. The molecule has 48 heteroatoms. The van der Waals surface area contributed by atoms with Crippen LogP contribution in [0.3, 0.4) is 0 Å². The van der Waals surface area contributed by atoms with E-state index in [0.717, 1.165) is 0 Å². The highest BCUT2D eigenvalue weighted by Crippen LogP contribution is 2.39. The number of amides is 15. The molecule has 0 aromatic rings. The number of amidine groups is 2. The summed E-state index contributed by atoms with van der Waals surface area (Å²) in [6, 6.07) is -14.3. The minimum absolute atomic E-state index is 0.0735. The highest BCUT2D eigenvalue weighted by atomic mass is 16.6. The van der Waals surface area contributed by atoms with Crippen LogP contribution in [-0.4, -0.2) is 305 Å². The normalized spacial score (nSPS) is 29.3. The van der Waals surface area contributed by atoms with Gasteiger partial charge in [-0.2, -0.15) is 0 Å². The number of rotatable bonds is 22. The monoisotopic (exact) mass is 1750 g/mol. The number of nitrogens with zero attached hydrogens (tertiary/aromatic N) is 9. The number of piperidine rings is 3. The number of aliphatic imine (C=N–C) groups is 3. The van der Waals surface area contributed by atoms with Gasteiger partial charge in [-0.25, -0.2) is 0 Å². The molecule has 0 saturated carbocycles. The summed E-state index contributed by atoms with van der Waals surface area (Å²) in [5.74, 6) is -13.6. The summed E-state index contributed by atoms with van der Waals surface area (Å²) in [4.78, 5) is 255. The van der Waals surface area contributed by atoms with Crippen LogP contribution in [0, 0.1) is 17.8 Å². The smallest absolute Gasteiger partial charge is 0.308 e. The van der Waals surface area contributed by atoms with Crippen LogP contribution in [0.5, 0.6) is 0 Å². The van der Waals surface area contributed by atoms with Crippen LogP contribution in [-0.2, 0) is 95.8 Å². The molecule has 686 valence electrons. The number of carboxylic acids is 1. The lowest BCUT2D eigenvalue weighted by molar-refractivity contribution is -0.157. The third-order valence-electron chi connectivity index (χ3n) is 22.0. The third kappa shape index (κ3) is 28.8. The van der Waals surface area contributed by atoms with E-state index in [0.29, 0.717) is 102 Å². The molecule has 6 bridgehead atoms. The molecule has 18 atom stereocenters. The van der Waals surface area contributed by atoms with Crippen LogP contribution in [0.25, 0.3) is 10.4 Å². The van der Waals surface area contributed by atoms with Gasteiger partial charge in [0.15, 0.2) is 5.96 Å². The van der Waals surface area contributed by atoms with E-state index in [1.807, 2.05) is 0 Å². The lowest BCUT2D eigenvalue weighted by atomic mass is 9.86. The number of nitrogens with one attached hydrogen (secondary N) is 12. The molecule has 9 aliphatic heterocycles. The van der Waals surface area contributed by atoms with E-state index < -0.39 is 247 Å². The molecule has 0 unspecified atom stereocenters. The first-order chi connectivity index (χ1) is 58.4. The number of fused-ring (bicyclic) bond motifs is 3. The number of hydrogen-bond acceptors (Lipinski definition) is 26. The van der Waals surface area contributed by atoms with E-state index >= 15 is 0 Å². The zero-order valence-electron chi connectivity index (χ0n) is 71.1. The van der Waals surface area contributed by atoms with Crippen LogP contribution in [0.4, 0.5) is 0 Å². The molecule has 0 spiro atoms. The Morgan fingerprint density at radius 1 is 0.427 bits per heavy atom. The molecule has 25 N–H and O–H groups in total. The lowest BCUT2D eigenvalue weighted by Gasteiger charge is -2.42. The first-order valence-corrected chi connectivity index (χ1v) is 41.6. The molecule has 0 radical (unpaired) electrons. The van der Waals surface area contributed by atoms with Crippen molar-refractivity contribution in [1.82, 2.24) is 78.5 Å². The van der Waals surface area contributed by atoms with Gasteiger partial charge >= 0.3 is 17.9 Å². The van der Waals surface area contributed by atoms with Gasteiger partial charge in [0.25, 0.3) is 0 Å². The summed E-state index contributed by atoms with van der Waals surface area (Å²) in [6.07, 6.45) is 3.75. The van der Waals surface area contributed by atoms with Gasteiger partial charge in [0.1, 0.15) is 83.7 Å². The lowest BCUT2D eigenvalue weighted by Crippen LogP contribution is -2.65. The fourth-order valence-corrected chi connectivity index (χ4v) is 16.5. The molecule has 0 aromatic heterocycles. The number of carbonyl (C=O) groups excluding carboxylic acids is 17. The second-order valence-corrected chi connectivity index (χ2v) is 34.0. The summed E-state index contributed by atoms with van der Waals surface area (Å²) in [7, 11) is 0. The van der Waals surface area contributed by atoms with Crippen molar-refractivity contribution in [3.8, 4) is 0 Å². The Labute approximate surface area is 715 Å². The molecule has 0 aliphatic carbocycles. The Morgan fingerprint density at radius 3 is 1.02 bits per heavy atom. The van der Waals surface area contributed by atoms with Gasteiger partial charge in [-0.3, -0.25) is 101 Å². The van der Waals surface area contributed by atoms with E-state index in [4.69, 9.17) is 49.4 Å². The number of esters is 2. The van der Waals surface area contributed by atoms with Crippen molar-refractivity contribution < 1.29 is 101 Å².